The summed E-state index contributed by atoms with van der Waals surface area (Å²) in [6.45, 7) is 7.81. The molecule has 1 aliphatic heterocycles. The summed E-state index contributed by atoms with van der Waals surface area (Å²) in [6, 6.07) is 4.76. The van der Waals surface area contributed by atoms with E-state index in [1.165, 1.54) is 6.07 Å². The Hall–Kier alpha value is -1.09. The van der Waals surface area contributed by atoms with Crippen LogP contribution in [0.1, 0.15) is 32.8 Å². The highest BCUT2D eigenvalue weighted by Gasteiger charge is 2.23. The van der Waals surface area contributed by atoms with Gasteiger partial charge >= 0.3 is 0 Å². The zero-order valence-electron chi connectivity index (χ0n) is 10.7. The zero-order valence-corrected chi connectivity index (χ0v) is 10.7. The summed E-state index contributed by atoms with van der Waals surface area (Å²) in [4.78, 5) is 0. The molecule has 3 heteroatoms. The van der Waals surface area contributed by atoms with Crippen LogP contribution in [-0.2, 0) is 5.41 Å². The van der Waals surface area contributed by atoms with Crippen molar-refractivity contribution in [2.24, 2.45) is 0 Å². The minimum atomic E-state index is -0.210. The summed E-state index contributed by atoms with van der Waals surface area (Å²) < 4.78 is 19.2. The fourth-order valence-corrected chi connectivity index (χ4v) is 2.03. The van der Waals surface area contributed by atoms with Gasteiger partial charge in [-0.25, -0.2) is 9.71 Å². The Morgan fingerprint density at radius 2 is 2.12 bits per heavy atom. The number of halogens is 1. The minimum Gasteiger partial charge on any atom is -0.489 e. The summed E-state index contributed by atoms with van der Waals surface area (Å²) in [7, 11) is 0. The van der Waals surface area contributed by atoms with Gasteiger partial charge in [0.05, 0.1) is 6.54 Å². The number of hydrogen-bond acceptors (Lipinski definition) is 1. The van der Waals surface area contributed by atoms with Crippen LogP contribution in [0.15, 0.2) is 18.2 Å². The predicted molar refractivity (Wildman–Crippen MR) is 66.0 cm³/mol. The van der Waals surface area contributed by atoms with E-state index >= 15 is 0 Å². The lowest BCUT2D eigenvalue weighted by molar-refractivity contribution is 0.217. The van der Waals surface area contributed by atoms with Crippen molar-refractivity contribution in [1.29, 1.82) is 0 Å². The van der Waals surface area contributed by atoms with Crippen LogP contribution in [0.25, 0.3) is 0 Å². The highest BCUT2D eigenvalue weighted by Crippen LogP contribution is 2.32. The van der Waals surface area contributed by atoms with Crippen molar-refractivity contribution >= 4 is 0 Å². The SMILES string of the molecule is CC(C)(C)c1cc(F)ccc1OC1CC[N]C1. The second kappa shape index (κ2) is 4.65. The monoisotopic (exact) mass is 236 g/mol. The van der Waals surface area contributed by atoms with Gasteiger partial charge in [0.2, 0.25) is 0 Å². The molecule has 0 N–H and O–H groups in total. The smallest absolute Gasteiger partial charge is 0.123 e. The van der Waals surface area contributed by atoms with Crippen molar-refractivity contribution in [3.8, 4) is 5.75 Å². The zero-order chi connectivity index (χ0) is 12.5. The van der Waals surface area contributed by atoms with Crippen LogP contribution < -0.4 is 10.1 Å². The molecule has 0 amide bonds. The molecular weight excluding hydrogens is 217 g/mol. The number of nitrogens with zero attached hydrogens (tertiary/aromatic N) is 1. The molecule has 1 radical (unpaired) electrons. The maximum absolute atomic E-state index is 13.3. The van der Waals surface area contributed by atoms with E-state index in [1.807, 2.05) is 0 Å². The molecule has 1 fully saturated rings. The van der Waals surface area contributed by atoms with Gasteiger partial charge in [-0.3, -0.25) is 0 Å². The van der Waals surface area contributed by atoms with Crippen molar-refractivity contribution in [3.63, 3.8) is 0 Å². The minimum absolute atomic E-state index is 0.118. The van der Waals surface area contributed by atoms with E-state index in [1.54, 1.807) is 12.1 Å². The lowest BCUT2D eigenvalue weighted by Crippen LogP contribution is -2.21. The van der Waals surface area contributed by atoms with Crippen LogP contribution in [0.4, 0.5) is 4.39 Å². The van der Waals surface area contributed by atoms with Gasteiger partial charge in [0.25, 0.3) is 0 Å². The largest absolute Gasteiger partial charge is 0.489 e. The first-order valence-corrected chi connectivity index (χ1v) is 6.07. The van der Waals surface area contributed by atoms with Crippen LogP contribution in [-0.4, -0.2) is 19.2 Å². The molecule has 0 aliphatic carbocycles. The van der Waals surface area contributed by atoms with Crippen molar-refractivity contribution in [2.75, 3.05) is 13.1 Å². The van der Waals surface area contributed by atoms with Crippen LogP contribution in [0.3, 0.4) is 0 Å². The molecule has 17 heavy (non-hydrogen) atoms. The fourth-order valence-electron chi connectivity index (χ4n) is 2.03. The fraction of sp³-hybridized carbons (Fsp3) is 0.571. The predicted octanol–water partition coefficient (Wildman–Crippen LogP) is 2.88. The van der Waals surface area contributed by atoms with Gasteiger partial charge in [-0.1, -0.05) is 20.8 Å². The van der Waals surface area contributed by atoms with Gasteiger partial charge in [-0.2, -0.15) is 0 Å². The average Bonchev–Trinajstić information content (AvgIpc) is 2.72. The lowest BCUT2D eigenvalue weighted by atomic mass is 9.86. The van der Waals surface area contributed by atoms with Gasteiger partial charge in [0.15, 0.2) is 0 Å². The van der Waals surface area contributed by atoms with E-state index in [0.29, 0.717) is 0 Å². The molecule has 1 unspecified atom stereocenters. The lowest BCUT2D eigenvalue weighted by Gasteiger charge is -2.24. The van der Waals surface area contributed by atoms with Gasteiger partial charge in [0, 0.05) is 12.1 Å². The topological polar surface area (TPSA) is 23.3 Å². The molecule has 1 heterocycles. The van der Waals surface area contributed by atoms with Gasteiger partial charge in [0.1, 0.15) is 17.7 Å². The van der Waals surface area contributed by atoms with Crippen molar-refractivity contribution in [2.45, 2.75) is 38.7 Å². The third-order valence-electron chi connectivity index (χ3n) is 2.99. The second-order valence-corrected chi connectivity index (χ2v) is 5.55. The average molecular weight is 236 g/mol. The number of hydrogen-bond donors (Lipinski definition) is 0. The molecule has 1 saturated heterocycles. The van der Waals surface area contributed by atoms with E-state index in [2.05, 4.69) is 26.1 Å². The Labute approximate surface area is 102 Å². The van der Waals surface area contributed by atoms with Crippen LogP contribution in [0.5, 0.6) is 5.75 Å². The Balaban J connectivity index is 2.25. The summed E-state index contributed by atoms with van der Waals surface area (Å²) >= 11 is 0. The molecule has 0 saturated carbocycles. The van der Waals surface area contributed by atoms with Gasteiger partial charge < -0.3 is 4.74 Å². The standard InChI is InChI=1S/C14H19FNO/c1-14(2,3)12-8-10(15)4-5-13(12)17-11-6-7-16-9-11/h4-5,8,11H,6-7,9H2,1-3H3. The van der Waals surface area contributed by atoms with Crippen LogP contribution in [0.2, 0.25) is 0 Å². The van der Waals surface area contributed by atoms with Crippen molar-refractivity contribution < 1.29 is 9.13 Å². The Morgan fingerprint density at radius 3 is 2.71 bits per heavy atom. The normalized spacial score (nSPS) is 20.6. The second-order valence-electron chi connectivity index (χ2n) is 5.55. The van der Waals surface area contributed by atoms with Gasteiger partial charge in [-0.15, -0.1) is 0 Å². The molecular formula is C14H19FNO. The van der Waals surface area contributed by atoms with Crippen molar-refractivity contribution in [1.82, 2.24) is 5.32 Å². The van der Waals surface area contributed by atoms with E-state index in [0.717, 1.165) is 30.8 Å². The number of ether oxygens (including phenoxy) is 1. The molecule has 1 aromatic rings. The Morgan fingerprint density at radius 1 is 1.35 bits per heavy atom. The van der Waals surface area contributed by atoms with E-state index < -0.39 is 0 Å². The molecule has 93 valence electrons. The highest BCUT2D eigenvalue weighted by molar-refractivity contribution is 5.39. The molecule has 1 aliphatic rings. The van der Waals surface area contributed by atoms with Crippen LogP contribution in [0, 0.1) is 5.82 Å². The summed E-state index contributed by atoms with van der Waals surface area (Å²) in [5.41, 5.74) is 0.803. The van der Waals surface area contributed by atoms with Crippen molar-refractivity contribution in [3.05, 3.63) is 29.6 Å². The van der Waals surface area contributed by atoms with E-state index in [9.17, 15) is 4.39 Å². The summed E-state index contributed by atoms with van der Waals surface area (Å²) in [5, 5.41) is 4.27. The molecule has 0 spiro atoms. The molecule has 1 atom stereocenters. The third kappa shape index (κ3) is 2.97. The first-order chi connectivity index (χ1) is 7.97. The molecule has 1 aromatic carbocycles. The molecule has 0 aromatic heterocycles. The Kier molecular flexibility index (Phi) is 3.38. The maximum atomic E-state index is 13.3. The molecule has 2 rings (SSSR count). The van der Waals surface area contributed by atoms with E-state index in [-0.39, 0.29) is 17.3 Å². The first kappa shape index (κ1) is 12.4. The Bertz CT molecular complexity index is 392. The number of rotatable bonds is 2. The van der Waals surface area contributed by atoms with E-state index in [4.69, 9.17) is 4.74 Å². The summed E-state index contributed by atoms with van der Waals surface area (Å²) in [5.74, 6) is 0.583. The molecule has 2 nitrogen and oxygen atoms in total. The first-order valence-electron chi connectivity index (χ1n) is 6.07. The summed E-state index contributed by atoms with van der Waals surface area (Å²) in [6.07, 6.45) is 1.11. The highest BCUT2D eigenvalue weighted by atomic mass is 19.1. The maximum Gasteiger partial charge on any atom is 0.123 e. The van der Waals surface area contributed by atoms with Crippen LogP contribution >= 0.6 is 0 Å². The number of benzene rings is 1. The third-order valence-corrected chi connectivity index (χ3v) is 2.99. The molecule has 0 bridgehead atoms. The quantitative estimate of drug-likeness (QED) is 0.774. The van der Waals surface area contributed by atoms with Gasteiger partial charge in [-0.05, 0) is 30.0 Å².